The number of hydrogen-bond donors (Lipinski definition) is 1. The molecule has 1 aromatic heterocycles. The first-order valence-corrected chi connectivity index (χ1v) is 15.1. The van der Waals surface area contributed by atoms with Crippen molar-refractivity contribution >= 4 is 51.4 Å². The first-order valence-electron chi connectivity index (χ1n) is 13.9. The van der Waals surface area contributed by atoms with Crippen LogP contribution < -0.4 is 15.4 Å². The zero-order valence-corrected chi connectivity index (χ0v) is 26.3. The van der Waals surface area contributed by atoms with E-state index in [4.69, 9.17) is 31.5 Å². The van der Waals surface area contributed by atoms with Crippen molar-refractivity contribution in [1.29, 1.82) is 0 Å². The maximum atomic E-state index is 14.1. The molecule has 236 valence electrons. The number of rotatable bonds is 8. The summed E-state index contributed by atoms with van der Waals surface area (Å²) in [5, 5.41) is 0.263. The van der Waals surface area contributed by atoms with E-state index >= 15 is 0 Å². The summed E-state index contributed by atoms with van der Waals surface area (Å²) in [7, 11) is 0. The Morgan fingerprint density at radius 3 is 2.49 bits per heavy atom. The van der Waals surface area contributed by atoms with E-state index in [1.54, 1.807) is 6.92 Å². The van der Waals surface area contributed by atoms with Crippen LogP contribution in [0.15, 0.2) is 28.7 Å². The normalized spacial score (nSPS) is 19.0. The molecule has 0 radical (unpaired) electrons. The molecule has 0 aliphatic carbocycles. The van der Waals surface area contributed by atoms with Gasteiger partial charge < -0.3 is 24.8 Å². The van der Waals surface area contributed by atoms with Gasteiger partial charge in [-0.15, -0.1) is 0 Å². The van der Waals surface area contributed by atoms with Crippen molar-refractivity contribution in [1.82, 2.24) is 14.9 Å². The number of aromatic nitrogens is 2. The van der Waals surface area contributed by atoms with Crippen LogP contribution in [0.4, 0.5) is 29.7 Å². The Balaban J connectivity index is 1.50. The third-order valence-electron chi connectivity index (χ3n) is 7.48. The van der Waals surface area contributed by atoms with E-state index in [9.17, 15) is 22.8 Å². The van der Waals surface area contributed by atoms with E-state index in [-0.39, 0.29) is 51.4 Å². The summed E-state index contributed by atoms with van der Waals surface area (Å²) in [6.45, 7) is 7.20. The highest BCUT2D eigenvalue weighted by atomic mass is 79.9. The monoisotopic (exact) mass is 691 g/mol. The number of benzene rings is 1. The number of nitrogen functional groups attached to an aromatic ring is 1. The lowest BCUT2D eigenvalue weighted by Crippen LogP contribution is -2.44. The van der Waals surface area contributed by atoms with Gasteiger partial charge in [-0.1, -0.05) is 47.4 Å². The van der Waals surface area contributed by atoms with Gasteiger partial charge in [0, 0.05) is 40.8 Å². The molecule has 2 saturated heterocycles. The minimum absolute atomic E-state index is 0.130. The molecule has 1 amide bonds. The number of piperidine rings is 1. The molecule has 2 aliphatic heterocycles. The standard InChI is InChI=1S/C28H34BrClF3N5O5/c1-4-41-24(39)20-13-27(15-38(20)26(40)42-14-16(2)3)7-9-37(10-8-27)21-12-22(36-25(34)35-21)43-23(28(31,32)33)18-6-5-17(30)11-19(18)29/h5-6,11-12,16,20,23H,4,7-10,13-15H2,1-3H3,(H2,34,35,36)/t20?,23-/m1/s1. The molecule has 2 aromatic rings. The van der Waals surface area contributed by atoms with Crippen molar-refractivity contribution in [3.8, 4) is 5.88 Å². The van der Waals surface area contributed by atoms with Gasteiger partial charge in [-0.2, -0.15) is 23.1 Å². The second-order valence-corrected chi connectivity index (χ2v) is 12.5. The predicted octanol–water partition coefficient (Wildman–Crippen LogP) is 6.17. The van der Waals surface area contributed by atoms with Gasteiger partial charge in [0.2, 0.25) is 17.9 Å². The summed E-state index contributed by atoms with van der Waals surface area (Å²) >= 11 is 9.04. The van der Waals surface area contributed by atoms with Crippen LogP contribution in [0.1, 0.15) is 51.7 Å². The molecule has 3 heterocycles. The lowest BCUT2D eigenvalue weighted by atomic mass is 9.76. The molecule has 4 rings (SSSR count). The minimum atomic E-state index is -4.77. The van der Waals surface area contributed by atoms with Crippen molar-refractivity contribution in [2.45, 2.75) is 58.4 Å². The number of carbonyl (C=O) groups excluding carboxylic acids is 2. The van der Waals surface area contributed by atoms with E-state index < -0.39 is 30.4 Å². The maximum absolute atomic E-state index is 14.1. The smallest absolute Gasteiger partial charge is 0.429 e. The maximum Gasteiger partial charge on any atom is 0.429 e. The van der Waals surface area contributed by atoms with Crippen LogP contribution in [0.2, 0.25) is 5.02 Å². The van der Waals surface area contributed by atoms with Crippen LogP contribution in [0.5, 0.6) is 5.88 Å². The summed E-state index contributed by atoms with van der Waals surface area (Å²) in [6, 6.07) is 4.49. The van der Waals surface area contributed by atoms with Gasteiger partial charge in [0.25, 0.3) is 0 Å². The fourth-order valence-electron chi connectivity index (χ4n) is 5.38. The molecule has 0 saturated carbocycles. The highest BCUT2D eigenvalue weighted by molar-refractivity contribution is 9.10. The van der Waals surface area contributed by atoms with Gasteiger partial charge in [0.15, 0.2) is 0 Å². The number of nitrogens with zero attached hydrogens (tertiary/aromatic N) is 4. The molecule has 2 aliphatic rings. The molecule has 10 nitrogen and oxygen atoms in total. The Morgan fingerprint density at radius 2 is 1.88 bits per heavy atom. The van der Waals surface area contributed by atoms with E-state index in [1.807, 2.05) is 18.7 Å². The highest BCUT2D eigenvalue weighted by Crippen LogP contribution is 2.45. The van der Waals surface area contributed by atoms with Crippen LogP contribution in [0.25, 0.3) is 0 Å². The largest absolute Gasteiger partial charge is 0.464 e. The summed E-state index contributed by atoms with van der Waals surface area (Å²) in [5.74, 6) is -0.611. The van der Waals surface area contributed by atoms with Gasteiger partial charge in [0.1, 0.15) is 11.9 Å². The van der Waals surface area contributed by atoms with Crippen LogP contribution >= 0.6 is 27.5 Å². The third kappa shape index (κ3) is 7.94. The molecule has 0 bridgehead atoms. The van der Waals surface area contributed by atoms with E-state index in [2.05, 4.69) is 25.9 Å². The van der Waals surface area contributed by atoms with Gasteiger partial charge in [-0.05, 0) is 49.7 Å². The zero-order valence-electron chi connectivity index (χ0n) is 24.0. The number of esters is 1. The molecule has 2 fully saturated rings. The minimum Gasteiger partial charge on any atom is -0.464 e. The number of nitrogens with two attached hydrogens (primary N) is 1. The molecule has 15 heteroatoms. The van der Waals surface area contributed by atoms with E-state index in [0.29, 0.717) is 44.7 Å². The number of alkyl halides is 3. The van der Waals surface area contributed by atoms with Crippen molar-refractivity contribution in [3.05, 3.63) is 39.3 Å². The summed E-state index contributed by atoms with van der Waals surface area (Å²) in [6.07, 6.45) is -6.08. The number of halogens is 5. The lowest BCUT2D eigenvalue weighted by Gasteiger charge is -2.39. The Labute approximate surface area is 261 Å². The number of likely N-dealkylation sites (tertiary alicyclic amines) is 1. The Morgan fingerprint density at radius 1 is 1.19 bits per heavy atom. The Kier molecular flexibility index (Phi) is 10.2. The molecule has 2 atom stereocenters. The molecule has 1 aromatic carbocycles. The number of amides is 1. The molecule has 1 unspecified atom stereocenters. The fraction of sp³-hybridized carbons (Fsp3) is 0.571. The van der Waals surface area contributed by atoms with Crippen molar-refractivity contribution in [2.75, 3.05) is 43.5 Å². The van der Waals surface area contributed by atoms with Crippen molar-refractivity contribution in [2.24, 2.45) is 11.3 Å². The molecular weight excluding hydrogens is 659 g/mol. The quantitative estimate of drug-likeness (QED) is 0.324. The zero-order chi connectivity index (χ0) is 31.5. The topological polar surface area (TPSA) is 120 Å². The van der Waals surface area contributed by atoms with E-state index in [0.717, 1.165) is 0 Å². The second-order valence-electron chi connectivity index (χ2n) is 11.2. The molecule has 43 heavy (non-hydrogen) atoms. The van der Waals surface area contributed by atoms with Crippen molar-refractivity contribution in [3.63, 3.8) is 0 Å². The van der Waals surface area contributed by atoms with Gasteiger partial charge in [-0.3, -0.25) is 4.90 Å². The number of ether oxygens (including phenoxy) is 3. The Hall–Kier alpha value is -3.00. The van der Waals surface area contributed by atoms with Crippen LogP contribution in [-0.4, -0.2) is 72.0 Å². The molecule has 1 spiro atoms. The van der Waals surface area contributed by atoms with Gasteiger partial charge in [-0.25, -0.2) is 9.59 Å². The first kappa shape index (κ1) is 32.9. The number of carbonyl (C=O) groups is 2. The van der Waals surface area contributed by atoms with Gasteiger partial charge >= 0.3 is 18.2 Å². The lowest BCUT2D eigenvalue weighted by molar-refractivity contribution is -0.198. The fourth-order valence-corrected chi connectivity index (χ4v) is 6.28. The average molecular weight is 693 g/mol. The second kappa shape index (κ2) is 13.3. The predicted molar refractivity (Wildman–Crippen MR) is 157 cm³/mol. The number of anilines is 2. The first-order chi connectivity index (χ1) is 20.2. The van der Waals surface area contributed by atoms with Crippen molar-refractivity contribution < 1.29 is 37.0 Å². The summed E-state index contributed by atoms with van der Waals surface area (Å²) in [4.78, 5) is 37.1. The Bertz CT molecular complexity index is 1330. The summed E-state index contributed by atoms with van der Waals surface area (Å²) in [5.41, 5.74) is 5.34. The SMILES string of the molecule is CCOC(=O)C1CC2(CCN(c3cc(O[C@H](c4ccc(Cl)cc4Br)C(F)(F)F)nc(N)n3)CC2)CN1C(=O)OCC(C)C. The third-order valence-corrected chi connectivity index (χ3v) is 8.40. The summed E-state index contributed by atoms with van der Waals surface area (Å²) < 4.78 is 58.4. The van der Waals surface area contributed by atoms with Crippen LogP contribution in [0.3, 0.4) is 0 Å². The molecular formula is C28H34BrClF3N5O5. The van der Waals surface area contributed by atoms with Crippen LogP contribution in [-0.2, 0) is 14.3 Å². The average Bonchev–Trinajstić information content (AvgIpc) is 3.29. The number of hydrogen-bond acceptors (Lipinski definition) is 9. The van der Waals surface area contributed by atoms with E-state index in [1.165, 1.54) is 29.2 Å². The highest BCUT2D eigenvalue weighted by Gasteiger charge is 2.51. The molecule has 2 N–H and O–H groups in total. The van der Waals surface area contributed by atoms with Crippen LogP contribution in [0, 0.1) is 11.3 Å². The van der Waals surface area contributed by atoms with Gasteiger partial charge in [0.05, 0.1) is 13.2 Å².